The van der Waals surface area contributed by atoms with Gasteiger partial charge in [-0.1, -0.05) is 18.2 Å². The van der Waals surface area contributed by atoms with Gasteiger partial charge in [-0.15, -0.1) is 0 Å². The molecule has 1 aromatic heterocycles. The van der Waals surface area contributed by atoms with Gasteiger partial charge >= 0.3 is 12.0 Å². The second-order valence-electron chi connectivity index (χ2n) is 6.78. The average molecular weight is 407 g/mol. The number of carbonyl (C=O) groups is 2. The zero-order valence-corrected chi connectivity index (χ0v) is 17.5. The maximum absolute atomic E-state index is 12.3. The fourth-order valence-electron chi connectivity index (χ4n) is 3.39. The smallest absolute Gasteiger partial charge is 0.337 e. The maximum atomic E-state index is 12.3. The number of urea groups is 1. The van der Waals surface area contributed by atoms with Crippen LogP contribution in [0.3, 0.4) is 0 Å². The number of hydrogen-bond acceptors (Lipinski definition) is 4. The molecule has 7 heteroatoms. The largest absolute Gasteiger partial charge is 0.495 e. The predicted octanol–water partition coefficient (Wildman–Crippen LogP) is 4.21. The predicted molar refractivity (Wildman–Crippen MR) is 115 cm³/mol. The topological polar surface area (TPSA) is 81.6 Å². The van der Waals surface area contributed by atoms with Crippen molar-refractivity contribution in [3.8, 4) is 11.4 Å². The van der Waals surface area contributed by atoms with E-state index in [1.165, 1.54) is 7.11 Å². The van der Waals surface area contributed by atoms with E-state index in [0.29, 0.717) is 17.8 Å². The number of rotatable bonds is 6. The molecule has 2 amide bonds. The summed E-state index contributed by atoms with van der Waals surface area (Å²) in [5.74, 6) is 0.324. The third-order valence-corrected chi connectivity index (χ3v) is 4.84. The van der Waals surface area contributed by atoms with Crippen LogP contribution < -0.4 is 15.4 Å². The lowest BCUT2D eigenvalue weighted by Crippen LogP contribution is -2.28. The standard InChI is InChI=1S/C23H25N3O4/c1-15-12-18(16(2)26(15)20-10-5-6-11-21(20)29-3)14-24-23(28)25-19-9-7-8-17(13-19)22(27)30-4/h5-13H,14H2,1-4H3,(H2,24,25,28). The van der Waals surface area contributed by atoms with Gasteiger partial charge in [-0.3, -0.25) is 0 Å². The van der Waals surface area contributed by atoms with E-state index >= 15 is 0 Å². The van der Waals surface area contributed by atoms with E-state index in [4.69, 9.17) is 9.47 Å². The minimum atomic E-state index is -0.456. The van der Waals surface area contributed by atoms with Crippen molar-refractivity contribution in [3.05, 3.63) is 77.1 Å². The van der Waals surface area contributed by atoms with Gasteiger partial charge in [-0.25, -0.2) is 9.59 Å². The molecule has 30 heavy (non-hydrogen) atoms. The Kier molecular flexibility index (Phi) is 6.41. The molecule has 0 aliphatic heterocycles. The van der Waals surface area contributed by atoms with Crippen LogP contribution >= 0.6 is 0 Å². The Hall–Kier alpha value is -3.74. The van der Waals surface area contributed by atoms with E-state index in [1.807, 2.05) is 44.2 Å². The fraction of sp³-hybridized carbons (Fsp3) is 0.217. The van der Waals surface area contributed by atoms with Crippen LogP contribution in [0.15, 0.2) is 54.6 Å². The number of nitrogens with zero attached hydrogens (tertiary/aromatic N) is 1. The zero-order valence-electron chi connectivity index (χ0n) is 17.5. The molecular weight excluding hydrogens is 382 g/mol. The van der Waals surface area contributed by atoms with Gasteiger partial charge in [0.15, 0.2) is 0 Å². The lowest BCUT2D eigenvalue weighted by Gasteiger charge is -2.14. The van der Waals surface area contributed by atoms with Gasteiger partial charge in [-0.05, 0) is 55.8 Å². The van der Waals surface area contributed by atoms with Crippen molar-refractivity contribution in [2.45, 2.75) is 20.4 Å². The number of amides is 2. The lowest BCUT2D eigenvalue weighted by molar-refractivity contribution is 0.0600. The van der Waals surface area contributed by atoms with E-state index in [0.717, 1.165) is 28.4 Å². The first-order valence-electron chi connectivity index (χ1n) is 9.49. The quantitative estimate of drug-likeness (QED) is 0.600. The summed E-state index contributed by atoms with van der Waals surface area (Å²) >= 11 is 0. The molecule has 0 bridgehead atoms. The Labute approximate surface area is 175 Å². The van der Waals surface area contributed by atoms with Crippen molar-refractivity contribution in [3.63, 3.8) is 0 Å². The first-order valence-corrected chi connectivity index (χ1v) is 9.49. The summed E-state index contributed by atoms with van der Waals surface area (Å²) in [6.45, 7) is 4.38. The van der Waals surface area contributed by atoms with Crippen molar-refractivity contribution in [1.29, 1.82) is 0 Å². The van der Waals surface area contributed by atoms with E-state index in [-0.39, 0.29) is 6.03 Å². The monoisotopic (exact) mass is 407 g/mol. The summed E-state index contributed by atoms with van der Waals surface area (Å²) in [7, 11) is 2.96. The number of para-hydroxylation sites is 2. The van der Waals surface area contributed by atoms with Crippen molar-refractivity contribution >= 4 is 17.7 Å². The summed E-state index contributed by atoms with van der Waals surface area (Å²) in [6, 6.07) is 16.1. The van der Waals surface area contributed by atoms with E-state index in [1.54, 1.807) is 31.4 Å². The molecule has 0 aliphatic carbocycles. The lowest BCUT2D eigenvalue weighted by atomic mass is 10.2. The summed E-state index contributed by atoms with van der Waals surface area (Å²) in [5.41, 5.74) is 4.89. The molecule has 0 radical (unpaired) electrons. The fourth-order valence-corrected chi connectivity index (χ4v) is 3.39. The van der Waals surface area contributed by atoms with Gasteiger partial charge in [0.2, 0.25) is 0 Å². The highest BCUT2D eigenvalue weighted by atomic mass is 16.5. The highest BCUT2D eigenvalue weighted by molar-refractivity contribution is 5.93. The normalized spacial score (nSPS) is 10.4. The molecule has 7 nitrogen and oxygen atoms in total. The molecule has 0 saturated heterocycles. The van der Waals surface area contributed by atoms with Crippen LogP contribution in [0.4, 0.5) is 10.5 Å². The number of nitrogens with one attached hydrogen (secondary N) is 2. The SMILES string of the molecule is COC(=O)c1cccc(NC(=O)NCc2cc(C)n(-c3ccccc3OC)c2C)c1. The minimum absolute atomic E-state index is 0.358. The van der Waals surface area contributed by atoms with Gasteiger partial charge in [0.1, 0.15) is 5.75 Å². The Morgan fingerprint density at radius 3 is 2.50 bits per heavy atom. The molecule has 0 aliphatic rings. The van der Waals surface area contributed by atoms with Crippen LogP contribution in [-0.2, 0) is 11.3 Å². The number of aromatic nitrogens is 1. The Morgan fingerprint density at radius 1 is 1.00 bits per heavy atom. The van der Waals surface area contributed by atoms with E-state index in [9.17, 15) is 9.59 Å². The number of methoxy groups -OCH3 is 2. The van der Waals surface area contributed by atoms with Crippen LogP contribution in [-0.4, -0.2) is 30.8 Å². The van der Waals surface area contributed by atoms with Gasteiger partial charge in [-0.2, -0.15) is 0 Å². The van der Waals surface area contributed by atoms with Gasteiger partial charge in [0.05, 0.1) is 25.5 Å². The summed E-state index contributed by atoms with van der Waals surface area (Å²) in [6.07, 6.45) is 0. The van der Waals surface area contributed by atoms with Gasteiger partial charge in [0.25, 0.3) is 0 Å². The third kappa shape index (κ3) is 4.46. The highest BCUT2D eigenvalue weighted by Gasteiger charge is 2.14. The number of ether oxygens (including phenoxy) is 2. The van der Waals surface area contributed by atoms with Crippen LogP contribution in [0.25, 0.3) is 5.69 Å². The van der Waals surface area contributed by atoms with Gasteiger partial charge in [0, 0.05) is 23.6 Å². The molecule has 2 N–H and O–H groups in total. The first-order chi connectivity index (χ1) is 14.4. The maximum Gasteiger partial charge on any atom is 0.337 e. The number of anilines is 1. The number of hydrogen-bond donors (Lipinski definition) is 2. The molecule has 0 saturated carbocycles. The molecule has 0 spiro atoms. The van der Waals surface area contributed by atoms with Crippen molar-refractivity contribution < 1.29 is 19.1 Å². The summed E-state index contributed by atoms with van der Waals surface area (Å²) in [4.78, 5) is 24.0. The molecule has 3 rings (SSSR count). The Balaban J connectivity index is 1.71. The molecular formula is C23H25N3O4. The van der Waals surface area contributed by atoms with Crippen molar-refractivity contribution in [1.82, 2.24) is 9.88 Å². The number of aryl methyl sites for hydroxylation is 1. The first kappa shape index (κ1) is 21.0. The molecule has 156 valence electrons. The second kappa shape index (κ2) is 9.17. The number of benzene rings is 2. The van der Waals surface area contributed by atoms with E-state index in [2.05, 4.69) is 15.2 Å². The third-order valence-electron chi connectivity index (χ3n) is 4.84. The molecule has 3 aromatic rings. The summed E-state index contributed by atoms with van der Waals surface area (Å²) in [5, 5.41) is 5.60. The van der Waals surface area contributed by atoms with Gasteiger partial charge < -0.3 is 24.7 Å². The molecule has 0 atom stereocenters. The van der Waals surface area contributed by atoms with Crippen LogP contribution in [0.1, 0.15) is 27.3 Å². The van der Waals surface area contributed by atoms with Crippen molar-refractivity contribution in [2.24, 2.45) is 0 Å². The number of carbonyl (C=O) groups excluding carboxylic acids is 2. The van der Waals surface area contributed by atoms with E-state index < -0.39 is 5.97 Å². The van der Waals surface area contributed by atoms with Crippen LogP contribution in [0.5, 0.6) is 5.75 Å². The zero-order chi connectivity index (χ0) is 21.7. The van der Waals surface area contributed by atoms with Crippen LogP contribution in [0.2, 0.25) is 0 Å². The average Bonchev–Trinajstić information content (AvgIpc) is 3.04. The Morgan fingerprint density at radius 2 is 1.77 bits per heavy atom. The summed E-state index contributed by atoms with van der Waals surface area (Å²) < 4.78 is 12.3. The Bertz CT molecular complexity index is 1070. The second-order valence-corrected chi connectivity index (χ2v) is 6.78. The van der Waals surface area contributed by atoms with Crippen molar-refractivity contribution in [2.75, 3.05) is 19.5 Å². The highest BCUT2D eigenvalue weighted by Crippen LogP contribution is 2.27. The van der Waals surface area contributed by atoms with Crippen LogP contribution in [0, 0.1) is 13.8 Å². The molecule has 0 fully saturated rings. The molecule has 0 unspecified atom stereocenters. The minimum Gasteiger partial charge on any atom is -0.495 e. The molecule has 1 heterocycles. The molecule has 2 aromatic carbocycles. The number of esters is 1.